The van der Waals surface area contributed by atoms with Gasteiger partial charge in [0, 0.05) is 5.54 Å². The van der Waals surface area contributed by atoms with Gasteiger partial charge in [-0.1, -0.05) is 17.7 Å². The second-order valence-corrected chi connectivity index (χ2v) is 1.62. The monoisotopic (exact) mass is 148 g/mol. The molecule has 9 heavy (non-hydrogen) atoms. The van der Waals surface area contributed by atoms with Gasteiger partial charge in [-0.05, 0) is 6.92 Å². The highest BCUT2D eigenvalue weighted by Crippen LogP contribution is 1.89. The van der Waals surface area contributed by atoms with Crippen LogP contribution in [-0.4, -0.2) is 12.6 Å². The summed E-state index contributed by atoms with van der Waals surface area (Å²) in [6.07, 6.45) is 1.80. The van der Waals surface area contributed by atoms with Crippen molar-refractivity contribution in [3.05, 3.63) is 11.6 Å². The fourth-order valence-corrected chi connectivity index (χ4v) is 0.450. The fourth-order valence-electron chi connectivity index (χ4n) is 0.361. The Bertz CT molecular complexity index is 110. The topological polar surface area (TPSA) is 26.3 Å². The lowest BCUT2D eigenvalue weighted by molar-refractivity contribution is -0.142. The minimum absolute atomic E-state index is 0.241. The SMILES string of the molecule is CCOC(=O)CC=CCl. The first-order valence-electron chi connectivity index (χ1n) is 2.72. The van der Waals surface area contributed by atoms with Gasteiger partial charge in [0.15, 0.2) is 0 Å². The van der Waals surface area contributed by atoms with Gasteiger partial charge in [0.2, 0.25) is 0 Å². The molecule has 0 bridgehead atoms. The van der Waals surface area contributed by atoms with E-state index in [1.807, 2.05) is 0 Å². The maximum atomic E-state index is 10.5. The van der Waals surface area contributed by atoms with Gasteiger partial charge in [-0.3, -0.25) is 4.79 Å². The zero-order valence-corrected chi connectivity index (χ0v) is 6.02. The van der Waals surface area contributed by atoms with Crippen LogP contribution in [0.3, 0.4) is 0 Å². The standard InChI is InChI=1S/C6H9ClO2/c1-2-9-6(8)4-3-5-7/h3,5H,2,4H2,1H3. The van der Waals surface area contributed by atoms with Crippen molar-refractivity contribution in [1.82, 2.24) is 0 Å². The smallest absolute Gasteiger partial charge is 0.309 e. The molecule has 0 fully saturated rings. The molecule has 2 nitrogen and oxygen atoms in total. The zero-order chi connectivity index (χ0) is 7.11. The molecule has 3 heteroatoms. The Hall–Kier alpha value is -0.500. The molecule has 0 aromatic carbocycles. The average Bonchev–Trinajstić information content (AvgIpc) is 1.85. The molecule has 0 rings (SSSR count). The van der Waals surface area contributed by atoms with Crippen molar-refractivity contribution >= 4 is 17.6 Å². The van der Waals surface area contributed by atoms with E-state index >= 15 is 0 Å². The molecule has 0 aliphatic rings. The fraction of sp³-hybridized carbons (Fsp3) is 0.500. The number of ether oxygens (including phenoxy) is 1. The Morgan fingerprint density at radius 2 is 2.44 bits per heavy atom. The molecule has 0 unspecified atom stereocenters. The van der Waals surface area contributed by atoms with Crippen molar-refractivity contribution in [3.63, 3.8) is 0 Å². The third-order valence-electron chi connectivity index (χ3n) is 0.679. The molecule has 0 radical (unpaired) electrons. The van der Waals surface area contributed by atoms with Crippen LogP contribution in [0.2, 0.25) is 0 Å². The molecule has 0 aromatic heterocycles. The van der Waals surface area contributed by atoms with Gasteiger partial charge >= 0.3 is 5.97 Å². The molecular formula is C6H9ClO2. The molecule has 0 heterocycles. The summed E-state index contributed by atoms with van der Waals surface area (Å²) in [5.74, 6) is -0.241. The summed E-state index contributed by atoms with van der Waals surface area (Å²) in [5.41, 5.74) is 1.30. The van der Waals surface area contributed by atoms with Crippen molar-refractivity contribution < 1.29 is 9.53 Å². The summed E-state index contributed by atoms with van der Waals surface area (Å²) < 4.78 is 4.60. The van der Waals surface area contributed by atoms with E-state index in [1.165, 1.54) is 5.54 Å². The quantitative estimate of drug-likeness (QED) is 0.570. The van der Waals surface area contributed by atoms with Crippen molar-refractivity contribution in [1.29, 1.82) is 0 Å². The van der Waals surface area contributed by atoms with Crippen LogP contribution in [0.5, 0.6) is 0 Å². The van der Waals surface area contributed by atoms with E-state index in [0.717, 1.165) is 0 Å². The Balaban J connectivity index is 3.27. The molecule has 0 saturated heterocycles. The second kappa shape index (κ2) is 5.63. The van der Waals surface area contributed by atoms with Gasteiger partial charge in [-0.2, -0.15) is 0 Å². The summed E-state index contributed by atoms with van der Waals surface area (Å²) in [6.45, 7) is 2.19. The first-order chi connectivity index (χ1) is 4.31. The number of esters is 1. The van der Waals surface area contributed by atoms with Gasteiger partial charge in [0.1, 0.15) is 0 Å². The largest absolute Gasteiger partial charge is 0.466 e. The molecule has 0 saturated carbocycles. The third-order valence-corrected chi connectivity index (χ3v) is 0.857. The lowest BCUT2D eigenvalue weighted by atomic mass is 10.4. The Kier molecular flexibility index (Phi) is 5.32. The maximum absolute atomic E-state index is 10.5. The van der Waals surface area contributed by atoms with Crippen LogP contribution in [0, 0.1) is 0 Å². The van der Waals surface area contributed by atoms with E-state index in [4.69, 9.17) is 11.6 Å². The van der Waals surface area contributed by atoms with E-state index in [1.54, 1.807) is 13.0 Å². The normalized spacial score (nSPS) is 10.0. The van der Waals surface area contributed by atoms with Crippen LogP contribution in [-0.2, 0) is 9.53 Å². The Labute approximate surface area is 59.5 Å². The van der Waals surface area contributed by atoms with Gasteiger partial charge in [-0.15, -0.1) is 0 Å². The van der Waals surface area contributed by atoms with Crippen molar-refractivity contribution in [2.45, 2.75) is 13.3 Å². The van der Waals surface area contributed by atoms with Crippen molar-refractivity contribution in [3.8, 4) is 0 Å². The van der Waals surface area contributed by atoms with E-state index in [9.17, 15) is 4.79 Å². The number of carbonyl (C=O) groups excluding carboxylic acids is 1. The minimum atomic E-state index is -0.241. The predicted octanol–water partition coefficient (Wildman–Crippen LogP) is 1.69. The summed E-state index contributed by atoms with van der Waals surface area (Å²) in [6, 6.07) is 0. The van der Waals surface area contributed by atoms with E-state index in [2.05, 4.69) is 4.74 Å². The third kappa shape index (κ3) is 5.37. The van der Waals surface area contributed by atoms with Crippen LogP contribution < -0.4 is 0 Å². The number of carbonyl (C=O) groups is 1. The molecule has 0 spiro atoms. The van der Waals surface area contributed by atoms with Gasteiger partial charge in [-0.25, -0.2) is 0 Å². The molecule has 0 amide bonds. The molecule has 52 valence electrons. The Morgan fingerprint density at radius 3 is 2.89 bits per heavy atom. The van der Waals surface area contributed by atoms with Gasteiger partial charge < -0.3 is 4.74 Å². The van der Waals surface area contributed by atoms with Crippen LogP contribution in [0.4, 0.5) is 0 Å². The number of rotatable bonds is 3. The van der Waals surface area contributed by atoms with Crippen LogP contribution in [0.1, 0.15) is 13.3 Å². The maximum Gasteiger partial charge on any atom is 0.309 e. The summed E-state index contributed by atoms with van der Waals surface area (Å²) in [5, 5.41) is 0. The van der Waals surface area contributed by atoms with E-state index < -0.39 is 0 Å². The average molecular weight is 149 g/mol. The first-order valence-corrected chi connectivity index (χ1v) is 3.15. The molecule has 0 aromatic rings. The van der Waals surface area contributed by atoms with Crippen LogP contribution in [0.25, 0.3) is 0 Å². The predicted molar refractivity (Wildman–Crippen MR) is 36.2 cm³/mol. The lowest BCUT2D eigenvalue weighted by Crippen LogP contribution is -2.01. The van der Waals surface area contributed by atoms with Gasteiger partial charge in [0.05, 0.1) is 13.0 Å². The molecular weight excluding hydrogens is 140 g/mol. The highest BCUT2D eigenvalue weighted by molar-refractivity contribution is 6.25. The number of hydrogen-bond donors (Lipinski definition) is 0. The molecule has 0 aliphatic heterocycles. The zero-order valence-electron chi connectivity index (χ0n) is 5.26. The lowest BCUT2D eigenvalue weighted by Gasteiger charge is -1.94. The molecule has 0 atom stereocenters. The Morgan fingerprint density at radius 1 is 1.78 bits per heavy atom. The van der Waals surface area contributed by atoms with Crippen molar-refractivity contribution in [2.24, 2.45) is 0 Å². The highest BCUT2D eigenvalue weighted by atomic mass is 35.5. The summed E-state index contributed by atoms with van der Waals surface area (Å²) >= 11 is 5.16. The second-order valence-electron chi connectivity index (χ2n) is 1.37. The minimum Gasteiger partial charge on any atom is -0.466 e. The molecule has 0 N–H and O–H groups in total. The highest BCUT2D eigenvalue weighted by Gasteiger charge is 1.94. The van der Waals surface area contributed by atoms with Gasteiger partial charge in [0.25, 0.3) is 0 Å². The van der Waals surface area contributed by atoms with Crippen molar-refractivity contribution in [2.75, 3.05) is 6.61 Å². The number of hydrogen-bond acceptors (Lipinski definition) is 2. The first kappa shape index (κ1) is 8.50. The summed E-state index contributed by atoms with van der Waals surface area (Å²) in [7, 11) is 0. The van der Waals surface area contributed by atoms with E-state index in [-0.39, 0.29) is 12.4 Å². The van der Waals surface area contributed by atoms with Crippen LogP contribution >= 0.6 is 11.6 Å². The number of halogens is 1. The van der Waals surface area contributed by atoms with E-state index in [0.29, 0.717) is 6.61 Å². The molecule has 0 aliphatic carbocycles. The van der Waals surface area contributed by atoms with Crippen LogP contribution in [0.15, 0.2) is 11.6 Å². The summed E-state index contributed by atoms with van der Waals surface area (Å²) in [4.78, 5) is 10.5.